The Hall–Kier alpha value is -1.31. The molecule has 0 spiro atoms. The molecular weight excluding hydrogens is 260 g/mol. The van der Waals surface area contributed by atoms with E-state index in [-0.39, 0.29) is 18.2 Å². The van der Waals surface area contributed by atoms with Crippen molar-refractivity contribution in [1.82, 2.24) is 10.6 Å². The number of nitrogens with one attached hydrogen (secondary N) is 2. The van der Waals surface area contributed by atoms with Gasteiger partial charge in [0.1, 0.15) is 15.9 Å². The van der Waals surface area contributed by atoms with Crippen LogP contribution in [0, 0.1) is 5.92 Å². The van der Waals surface area contributed by atoms with Gasteiger partial charge in [0, 0.05) is 12.8 Å². The van der Waals surface area contributed by atoms with Crippen molar-refractivity contribution < 1.29 is 23.1 Å². The van der Waals surface area contributed by atoms with E-state index in [1.165, 1.54) is 0 Å². The van der Waals surface area contributed by atoms with Gasteiger partial charge in [0.2, 0.25) is 0 Å². The lowest BCUT2D eigenvalue weighted by atomic mass is 10.2. The molecule has 1 unspecified atom stereocenters. The van der Waals surface area contributed by atoms with E-state index in [9.17, 15) is 18.0 Å². The van der Waals surface area contributed by atoms with Crippen LogP contribution in [-0.2, 0) is 14.6 Å². The molecule has 0 aliphatic heterocycles. The second-order valence-electron chi connectivity index (χ2n) is 4.54. The van der Waals surface area contributed by atoms with E-state index in [0.717, 1.165) is 19.1 Å². The largest absolute Gasteiger partial charge is 0.480 e. The summed E-state index contributed by atoms with van der Waals surface area (Å²) in [4.78, 5) is 22.2. The minimum absolute atomic E-state index is 0.00172. The van der Waals surface area contributed by atoms with E-state index in [0.29, 0.717) is 6.42 Å². The number of amides is 2. The molecule has 2 amide bonds. The summed E-state index contributed by atoms with van der Waals surface area (Å²) in [7, 11) is -3.03. The zero-order valence-corrected chi connectivity index (χ0v) is 11.0. The van der Waals surface area contributed by atoms with Crippen molar-refractivity contribution >= 4 is 21.8 Å². The Morgan fingerprint density at radius 1 is 1.39 bits per heavy atom. The number of carbonyl (C=O) groups excluding carboxylic acids is 1. The molecule has 0 heterocycles. The molecule has 18 heavy (non-hydrogen) atoms. The second-order valence-corrected chi connectivity index (χ2v) is 6.80. The molecular formula is C10H18N2O5S. The van der Waals surface area contributed by atoms with Crippen molar-refractivity contribution in [3.8, 4) is 0 Å². The highest BCUT2D eigenvalue weighted by atomic mass is 32.2. The molecule has 1 atom stereocenters. The maximum absolute atomic E-state index is 11.4. The molecule has 0 aromatic carbocycles. The smallest absolute Gasteiger partial charge is 0.326 e. The van der Waals surface area contributed by atoms with Gasteiger partial charge in [-0.05, 0) is 25.2 Å². The van der Waals surface area contributed by atoms with Crippen LogP contribution < -0.4 is 10.6 Å². The van der Waals surface area contributed by atoms with Crippen molar-refractivity contribution in [3.63, 3.8) is 0 Å². The Kier molecular flexibility index (Phi) is 4.94. The number of rotatable bonds is 7. The van der Waals surface area contributed by atoms with Crippen LogP contribution in [0.4, 0.5) is 4.79 Å². The van der Waals surface area contributed by atoms with E-state index < -0.39 is 27.9 Å². The lowest BCUT2D eigenvalue weighted by Crippen LogP contribution is -2.47. The first-order valence-electron chi connectivity index (χ1n) is 5.74. The third-order valence-corrected chi connectivity index (χ3v) is 3.65. The predicted molar refractivity (Wildman–Crippen MR) is 65.0 cm³/mol. The lowest BCUT2D eigenvalue weighted by Gasteiger charge is -2.14. The van der Waals surface area contributed by atoms with E-state index in [1.54, 1.807) is 0 Å². The quantitative estimate of drug-likeness (QED) is 0.548. The maximum atomic E-state index is 11.4. The van der Waals surface area contributed by atoms with Gasteiger partial charge in [-0.1, -0.05) is 0 Å². The average Bonchev–Trinajstić information content (AvgIpc) is 3.03. The Morgan fingerprint density at radius 2 is 2.00 bits per heavy atom. The van der Waals surface area contributed by atoms with Crippen molar-refractivity contribution in [3.05, 3.63) is 0 Å². The molecule has 0 saturated heterocycles. The number of hydrogen-bond donors (Lipinski definition) is 3. The Labute approximate surface area is 106 Å². The second kappa shape index (κ2) is 6.03. The maximum Gasteiger partial charge on any atom is 0.326 e. The van der Waals surface area contributed by atoms with E-state index >= 15 is 0 Å². The molecule has 1 aliphatic carbocycles. The predicted octanol–water partition coefficient (Wildman–Crippen LogP) is -0.416. The molecule has 1 aliphatic rings. The van der Waals surface area contributed by atoms with Crippen LogP contribution in [0.15, 0.2) is 0 Å². The number of hydrogen-bond acceptors (Lipinski definition) is 4. The minimum atomic E-state index is -3.03. The molecule has 0 radical (unpaired) electrons. The fourth-order valence-corrected chi connectivity index (χ4v) is 2.21. The first-order chi connectivity index (χ1) is 8.29. The Bertz CT molecular complexity index is 416. The number of urea groups is 1. The summed E-state index contributed by atoms with van der Waals surface area (Å²) in [6.07, 6.45) is 3.06. The van der Waals surface area contributed by atoms with Crippen LogP contribution in [-0.4, -0.2) is 50.1 Å². The van der Waals surface area contributed by atoms with Crippen molar-refractivity contribution in [2.75, 3.05) is 18.6 Å². The number of carbonyl (C=O) groups is 2. The van der Waals surface area contributed by atoms with Crippen molar-refractivity contribution in [1.29, 1.82) is 0 Å². The Balaban J connectivity index is 2.22. The van der Waals surface area contributed by atoms with E-state index in [4.69, 9.17) is 5.11 Å². The van der Waals surface area contributed by atoms with Gasteiger partial charge in [-0.3, -0.25) is 0 Å². The summed E-state index contributed by atoms with van der Waals surface area (Å²) in [5, 5.41) is 13.7. The molecule has 1 rings (SSSR count). The van der Waals surface area contributed by atoms with Crippen LogP contribution in [0.5, 0.6) is 0 Å². The number of carboxylic acids is 1. The minimum Gasteiger partial charge on any atom is -0.480 e. The molecule has 0 bridgehead atoms. The summed E-state index contributed by atoms with van der Waals surface area (Å²) >= 11 is 0. The van der Waals surface area contributed by atoms with Crippen molar-refractivity contribution in [2.24, 2.45) is 5.92 Å². The van der Waals surface area contributed by atoms with Crippen molar-refractivity contribution in [2.45, 2.75) is 25.3 Å². The highest BCUT2D eigenvalue weighted by molar-refractivity contribution is 7.90. The molecule has 3 N–H and O–H groups in total. The highest BCUT2D eigenvalue weighted by Crippen LogP contribution is 2.32. The SMILES string of the molecule is CS(=O)(=O)CCCNC(=O)NC(C(=O)O)C1CC1. The fourth-order valence-electron chi connectivity index (χ4n) is 1.54. The summed E-state index contributed by atoms with van der Waals surface area (Å²) in [6, 6.07) is -1.41. The van der Waals surface area contributed by atoms with Gasteiger partial charge in [0.25, 0.3) is 0 Å². The summed E-state index contributed by atoms with van der Waals surface area (Å²) in [5.41, 5.74) is 0. The standard InChI is InChI=1S/C10H18N2O5S/c1-18(16,17)6-2-5-11-10(15)12-8(9(13)14)7-3-4-7/h7-8H,2-6H2,1H3,(H,13,14)(H2,11,12,15). The molecule has 1 fully saturated rings. The highest BCUT2D eigenvalue weighted by Gasteiger charge is 2.37. The molecule has 7 nitrogen and oxygen atoms in total. The van der Waals surface area contributed by atoms with E-state index in [1.807, 2.05) is 0 Å². The zero-order valence-electron chi connectivity index (χ0n) is 10.2. The van der Waals surface area contributed by atoms with Gasteiger partial charge < -0.3 is 15.7 Å². The zero-order chi connectivity index (χ0) is 13.8. The van der Waals surface area contributed by atoms with E-state index in [2.05, 4.69) is 10.6 Å². The fraction of sp³-hybridized carbons (Fsp3) is 0.800. The summed E-state index contributed by atoms with van der Waals surface area (Å²) in [5.74, 6) is -1.02. The lowest BCUT2D eigenvalue weighted by molar-refractivity contribution is -0.139. The number of aliphatic carboxylic acids is 1. The first-order valence-corrected chi connectivity index (χ1v) is 7.80. The normalized spacial score (nSPS) is 16.9. The molecule has 1 saturated carbocycles. The van der Waals surface area contributed by atoms with Crippen LogP contribution in [0.1, 0.15) is 19.3 Å². The van der Waals surface area contributed by atoms with Crippen LogP contribution in [0.25, 0.3) is 0 Å². The van der Waals surface area contributed by atoms with Crippen LogP contribution >= 0.6 is 0 Å². The van der Waals surface area contributed by atoms with Gasteiger partial charge in [0.15, 0.2) is 0 Å². The van der Waals surface area contributed by atoms with Gasteiger partial charge in [-0.2, -0.15) is 0 Å². The third kappa shape index (κ3) is 5.85. The molecule has 0 aromatic heterocycles. The summed E-state index contributed by atoms with van der Waals surface area (Å²) < 4.78 is 21.7. The van der Waals surface area contributed by atoms with Gasteiger partial charge in [0.05, 0.1) is 5.75 Å². The van der Waals surface area contributed by atoms with Gasteiger partial charge in [-0.25, -0.2) is 18.0 Å². The monoisotopic (exact) mass is 278 g/mol. The van der Waals surface area contributed by atoms with Gasteiger partial charge in [-0.15, -0.1) is 0 Å². The average molecular weight is 278 g/mol. The number of carboxylic acid groups (broad SMARTS) is 1. The Morgan fingerprint density at radius 3 is 2.44 bits per heavy atom. The molecule has 0 aromatic rings. The van der Waals surface area contributed by atoms with Crippen LogP contribution in [0.2, 0.25) is 0 Å². The van der Waals surface area contributed by atoms with Gasteiger partial charge >= 0.3 is 12.0 Å². The van der Waals surface area contributed by atoms with Crippen LogP contribution in [0.3, 0.4) is 0 Å². The topological polar surface area (TPSA) is 113 Å². The number of sulfone groups is 1. The summed E-state index contributed by atoms with van der Waals surface area (Å²) in [6.45, 7) is 0.204. The third-order valence-electron chi connectivity index (χ3n) is 2.62. The molecule has 104 valence electrons. The molecule has 8 heteroatoms. The first kappa shape index (κ1) is 14.7.